The fraction of sp³-hybridized carbons (Fsp3) is 0.185. The number of amides is 1. The van der Waals surface area contributed by atoms with Crippen LogP contribution in [0.3, 0.4) is 0 Å². The number of hydrazone groups is 1. The molecule has 0 fully saturated rings. The van der Waals surface area contributed by atoms with Gasteiger partial charge in [-0.3, -0.25) is 4.79 Å². The van der Waals surface area contributed by atoms with E-state index >= 15 is 0 Å². The van der Waals surface area contributed by atoms with Crippen molar-refractivity contribution < 1.29 is 23.7 Å². The Labute approximate surface area is 199 Å². The molecule has 0 aromatic heterocycles. The maximum Gasteiger partial charge on any atom is 0.271 e. The summed E-state index contributed by atoms with van der Waals surface area (Å²) in [6.45, 7) is 6.71. The second-order valence-corrected chi connectivity index (χ2v) is 7.08. The zero-order chi connectivity index (χ0) is 24.2. The van der Waals surface area contributed by atoms with Crippen LogP contribution in [0.5, 0.6) is 23.0 Å². The third-order valence-corrected chi connectivity index (χ3v) is 4.67. The molecule has 0 aliphatic heterocycles. The van der Waals surface area contributed by atoms with Gasteiger partial charge in [0.05, 0.1) is 19.9 Å². The smallest absolute Gasteiger partial charge is 0.271 e. The first-order valence-electron chi connectivity index (χ1n) is 10.8. The van der Waals surface area contributed by atoms with Crippen molar-refractivity contribution in [2.75, 3.05) is 20.3 Å². The van der Waals surface area contributed by atoms with Crippen LogP contribution in [0, 0.1) is 0 Å². The molecule has 0 heterocycles. The summed E-state index contributed by atoms with van der Waals surface area (Å²) >= 11 is 0. The number of rotatable bonds is 12. The number of methoxy groups -OCH3 is 1. The Hall–Kier alpha value is -4.26. The van der Waals surface area contributed by atoms with Gasteiger partial charge in [0.25, 0.3) is 5.91 Å². The van der Waals surface area contributed by atoms with Crippen molar-refractivity contribution in [3.63, 3.8) is 0 Å². The number of carbonyl (C=O) groups is 1. The van der Waals surface area contributed by atoms with Crippen molar-refractivity contribution in [2.24, 2.45) is 5.10 Å². The lowest BCUT2D eigenvalue weighted by atomic mass is 10.2. The first-order valence-corrected chi connectivity index (χ1v) is 10.8. The van der Waals surface area contributed by atoms with E-state index in [-0.39, 0.29) is 5.91 Å². The summed E-state index contributed by atoms with van der Waals surface area (Å²) in [4.78, 5) is 12.5. The van der Waals surface area contributed by atoms with Gasteiger partial charge in [-0.25, -0.2) is 5.43 Å². The fourth-order valence-corrected chi connectivity index (χ4v) is 3.03. The summed E-state index contributed by atoms with van der Waals surface area (Å²) in [6.07, 6.45) is 3.18. The predicted octanol–water partition coefficient (Wildman–Crippen LogP) is 5.00. The van der Waals surface area contributed by atoms with Gasteiger partial charge < -0.3 is 18.9 Å². The molecule has 0 aliphatic rings. The maximum absolute atomic E-state index is 12.5. The molecule has 3 aromatic rings. The second-order valence-electron chi connectivity index (χ2n) is 7.08. The van der Waals surface area contributed by atoms with E-state index in [1.165, 1.54) is 6.21 Å². The molecule has 34 heavy (non-hydrogen) atoms. The lowest BCUT2D eigenvalue weighted by molar-refractivity contribution is 0.0954. The molecule has 0 saturated carbocycles. The maximum atomic E-state index is 12.5. The van der Waals surface area contributed by atoms with Crippen LogP contribution in [0.15, 0.2) is 84.5 Å². The number of ether oxygens (including phenoxy) is 4. The molecular formula is C27H28N2O5. The molecule has 1 N–H and O–H groups in total. The highest BCUT2D eigenvalue weighted by Crippen LogP contribution is 2.29. The lowest BCUT2D eigenvalue weighted by Gasteiger charge is -2.12. The van der Waals surface area contributed by atoms with E-state index in [0.29, 0.717) is 48.4 Å². The van der Waals surface area contributed by atoms with Gasteiger partial charge in [-0.05, 0) is 54.4 Å². The molecule has 0 spiro atoms. The molecule has 3 rings (SSSR count). The molecule has 176 valence electrons. The Morgan fingerprint density at radius 3 is 2.44 bits per heavy atom. The number of carbonyl (C=O) groups excluding carboxylic acids is 1. The molecule has 0 bridgehead atoms. The van der Waals surface area contributed by atoms with Crippen LogP contribution in [-0.2, 0) is 6.61 Å². The zero-order valence-electron chi connectivity index (χ0n) is 19.3. The Balaban J connectivity index is 1.63. The van der Waals surface area contributed by atoms with Gasteiger partial charge in [-0.1, -0.05) is 43.0 Å². The zero-order valence-corrected chi connectivity index (χ0v) is 19.3. The van der Waals surface area contributed by atoms with Crippen molar-refractivity contribution in [2.45, 2.75) is 13.5 Å². The SMILES string of the molecule is C=CCOc1ccc(C(=O)N/N=C/c2ccc(OCc3ccccc3)c(OC)c2)cc1OCC. The van der Waals surface area contributed by atoms with E-state index in [2.05, 4.69) is 17.1 Å². The average molecular weight is 461 g/mol. The van der Waals surface area contributed by atoms with Crippen molar-refractivity contribution in [1.82, 2.24) is 5.43 Å². The van der Waals surface area contributed by atoms with E-state index in [9.17, 15) is 4.79 Å². The molecule has 7 nitrogen and oxygen atoms in total. The number of hydrogen-bond acceptors (Lipinski definition) is 6. The Bertz CT molecular complexity index is 1130. The fourth-order valence-electron chi connectivity index (χ4n) is 3.03. The van der Waals surface area contributed by atoms with Gasteiger partial charge in [0.1, 0.15) is 13.2 Å². The second kappa shape index (κ2) is 12.7. The minimum absolute atomic E-state index is 0.343. The molecule has 0 unspecified atom stereocenters. The Morgan fingerprint density at radius 2 is 1.71 bits per heavy atom. The van der Waals surface area contributed by atoms with Crippen molar-refractivity contribution in [3.8, 4) is 23.0 Å². The van der Waals surface area contributed by atoms with Crippen LogP contribution in [0.1, 0.15) is 28.4 Å². The Morgan fingerprint density at radius 1 is 0.941 bits per heavy atom. The number of nitrogens with zero attached hydrogens (tertiary/aromatic N) is 1. The molecule has 1 amide bonds. The number of hydrogen-bond donors (Lipinski definition) is 1. The average Bonchev–Trinajstić information content (AvgIpc) is 2.87. The molecule has 0 atom stereocenters. The summed E-state index contributed by atoms with van der Waals surface area (Å²) in [5.41, 5.74) is 4.72. The van der Waals surface area contributed by atoms with Crippen LogP contribution in [0.25, 0.3) is 0 Å². The Kier molecular flexibility index (Phi) is 9.10. The topological polar surface area (TPSA) is 78.4 Å². The summed E-state index contributed by atoms with van der Waals surface area (Å²) in [5.74, 6) is 1.85. The minimum atomic E-state index is -0.373. The first-order chi connectivity index (χ1) is 16.6. The third kappa shape index (κ3) is 6.87. The summed E-state index contributed by atoms with van der Waals surface area (Å²) in [5, 5.41) is 4.06. The normalized spacial score (nSPS) is 10.5. The van der Waals surface area contributed by atoms with E-state index in [1.54, 1.807) is 43.5 Å². The van der Waals surface area contributed by atoms with E-state index in [0.717, 1.165) is 11.1 Å². The van der Waals surface area contributed by atoms with Crippen LogP contribution in [0.4, 0.5) is 0 Å². The van der Waals surface area contributed by atoms with Crippen LogP contribution < -0.4 is 24.4 Å². The molecule has 0 radical (unpaired) electrons. The van der Waals surface area contributed by atoms with Crippen LogP contribution in [0.2, 0.25) is 0 Å². The summed E-state index contributed by atoms with van der Waals surface area (Å²) in [7, 11) is 1.58. The van der Waals surface area contributed by atoms with Crippen LogP contribution >= 0.6 is 0 Å². The van der Waals surface area contributed by atoms with Crippen molar-refractivity contribution in [3.05, 3.63) is 96.1 Å². The van der Waals surface area contributed by atoms with Gasteiger partial charge in [0.15, 0.2) is 23.0 Å². The molecule has 0 saturated heterocycles. The monoisotopic (exact) mass is 460 g/mol. The van der Waals surface area contributed by atoms with Gasteiger partial charge in [-0.2, -0.15) is 5.10 Å². The van der Waals surface area contributed by atoms with E-state index in [4.69, 9.17) is 18.9 Å². The molecular weight excluding hydrogens is 432 g/mol. The summed E-state index contributed by atoms with van der Waals surface area (Å²) < 4.78 is 22.4. The van der Waals surface area contributed by atoms with Crippen molar-refractivity contribution in [1.29, 1.82) is 0 Å². The predicted molar refractivity (Wildman–Crippen MR) is 132 cm³/mol. The van der Waals surface area contributed by atoms with E-state index < -0.39 is 0 Å². The lowest BCUT2D eigenvalue weighted by Crippen LogP contribution is -2.17. The third-order valence-electron chi connectivity index (χ3n) is 4.67. The number of nitrogens with one attached hydrogen (secondary N) is 1. The van der Waals surface area contributed by atoms with Gasteiger partial charge >= 0.3 is 0 Å². The van der Waals surface area contributed by atoms with Gasteiger partial charge in [-0.15, -0.1) is 0 Å². The first kappa shape index (κ1) is 24.4. The van der Waals surface area contributed by atoms with Gasteiger partial charge in [0, 0.05) is 5.56 Å². The largest absolute Gasteiger partial charge is 0.493 e. The van der Waals surface area contributed by atoms with Crippen LogP contribution in [-0.4, -0.2) is 32.4 Å². The highest BCUT2D eigenvalue weighted by molar-refractivity contribution is 5.95. The minimum Gasteiger partial charge on any atom is -0.493 e. The number of benzene rings is 3. The highest BCUT2D eigenvalue weighted by Gasteiger charge is 2.11. The summed E-state index contributed by atoms with van der Waals surface area (Å²) in [6, 6.07) is 20.3. The molecule has 0 aliphatic carbocycles. The molecule has 3 aromatic carbocycles. The highest BCUT2D eigenvalue weighted by atomic mass is 16.5. The molecule has 7 heteroatoms. The van der Waals surface area contributed by atoms with Crippen molar-refractivity contribution >= 4 is 12.1 Å². The van der Waals surface area contributed by atoms with E-state index in [1.807, 2.05) is 43.3 Å². The quantitative estimate of drug-likeness (QED) is 0.234. The van der Waals surface area contributed by atoms with Gasteiger partial charge in [0.2, 0.25) is 0 Å². The standard InChI is InChI=1S/C27H28N2O5/c1-4-15-33-24-14-12-22(17-26(24)32-5-2)27(30)29-28-18-21-11-13-23(25(16-21)31-3)34-19-20-9-7-6-8-10-20/h4,6-14,16-18H,1,5,15,19H2,2-3H3,(H,29,30)/b28-18+.